The van der Waals surface area contributed by atoms with Crippen molar-refractivity contribution in [1.82, 2.24) is 43.9 Å². The number of hydrogen-bond acceptors (Lipinski definition) is 8. The quantitative estimate of drug-likeness (QED) is 0.203. The number of piperazine rings is 1. The van der Waals surface area contributed by atoms with Crippen LogP contribution < -0.4 is 4.90 Å². The SMILES string of the molecule is CC.CC1CN(C(c2ccc(C(F)(F)F)cc2)c2ccc(C(F)(F)F)cn2)CCN1c1nc2nncn2c2c1ncn2CCN(C)C. The van der Waals surface area contributed by atoms with Crippen LogP contribution in [0.4, 0.5) is 32.2 Å². The second kappa shape index (κ2) is 13.4. The third-order valence-electron chi connectivity index (χ3n) is 8.02. The fourth-order valence-electron chi connectivity index (χ4n) is 5.75. The minimum absolute atomic E-state index is 0.168. The lowest BCUT2D eigenvalue weighted by molar-refractivity contribution is -0.138. The van der Waals surface area contributed by atoms with E-state index in [1.54, 1.807) is 17.1 Å². The first-order chi connectivity index (χ1) is 22.3. The van der Waals surface area contributed by atoms with Gasteiger partial charge in [0.2, 0.25) is 0 Å². The third-order valence-corrected chi connectivity index (χ3v) is 8.02. The number of rotatable bonds is 7. The molecule has 0 aliphatic carbocycles. The predicted octanol–water partition coefficient (Wildman–Crippen LogP) is 5.79. The summed E-state index contributed by atoms with van der Waals surface area (Å²) in [6.45, 7) is 8.73. The lowest BCUT2D eigenvalue weighted by atomic mass is 9.97. The van der Waals surface area contributed by atoms with Gasteiger partial charge in [-0.2, -0.15) is 31.3 Å². The summed E-state index contributed by atoms with van der Waals surface area (Å²) in [4.78, 5) is 19.8. The highest BCUT2D eigenvalue weighted by atomic mass is 19.4. The van der Waals surface area contributed by atoms with Gasteiger partial charge in [-0.15, -0.1) is 10.2 Å². The molecular formula is C31H36F6N10. The maximum atomic E-state index is 13.3. The van der Waals surface area contributed by atoms with Gasteiger partial charge in [-0.05, 0) is 50.8 Å². The van der Waals surface area contributed by atoms with Crippen LogP contribution in [0.3, 0.4) is 0 Å². The smallest absolute Gasteiger partial charge is 0.349 e. The van der Waals surface area contributed by atoms with Crippen molar-refractivity contribution >= 4 is 22.8 Å². The molecule has 252 valence electrons. The average Bonchev–Trinajstić information content (AvgIpc) is 3.68. The standard InChI is InChI=1S/C29H30F6N10.C2H6/c1-18-15-42(24(19-4-6-20(7-5-19)28(30,31)32)22-9-8-21(14-36-22)29(33,34)35)12-13-44(18)25-23-26(45-17-38-40-27(45)39-25)43(16-37-23)11-10-41(2)3;1-2/h4-9,14,16-18,24H,10-13,15H2,1-3H3;1-2H3. The number of pyridine rings is 1. The molecule has 4 aromatic heterocycles. The second-order valence-electron chi connectivity index (χ2n) is 11.4. The molecular weight excluding hydrogens is 626 g/mol. The summed E-state index contributed by atoms with van der Waals surface area (Å²) in [6, 6.07) is 6.05. The molecule has 0 bridgehead atoms. The van der Waals surface area contributed by atoms with E-state index >= 15 is 0 Å². The third kappa shape index (κ3) is 7.02. The van der Waals surface area contributed by atoms with Crippen molar-refractivity contribution in [3.05, 3.63) is 77.6 Å². The van der Waals surface area contributed by atoms with Gasteiger partial charge in [0.15, 0.2) is 11.5 Å². The molecule has 47 heavy (non-hydrogen) atoms. The van der Waals surface area contributed by atoms with E-state index in [1.807, 2.05) is 44.3 Å². The number of halogens is 6. The van der Waals surface area contributed by atoms with Crippen LogP contribution in [0.5, 0.6) is 0 Å². The summed E-state index contributed by atoms with van der Waals surface area (Å²) < 4.78 is 83.6. The molecule has 1 aliphatic rings. The van der Waals surface area contributed by atoms with E-state index in [0.29, 0.717) is 54.5 Å². The Kier molecular flexibility index (Phi) is 9.73. The van der Waals surface area contributed by atoms with Crippen molar-refractivity contribution in [3.8, 4) is 0 Å². The molecule has 0 saturated carbocycles. The Morgan fingerprint density at radius 3 is 2.17 bits per heavy atom. The zero-order chi connectivity index (χ0) is 34.1. The van der Waals surface area contributed by atoms with Crippen LogP contribution in [0, 0.1) is 0 Å². The highest BCUT2D eigenvalue weighted by Crippen LogP contribution is 2.36. The highest BCUT2D eigenvalue weighted by molar-refractivity contribution is 5.86. The summed E-state index contributed by atoms with van der Waals surface area (Å²) in [6.07, 6.45) is -4.98. The molecule has 0 amide bonds. The fraction of sp³-hybridized carbons (Fsp3) is 0.452. The van der Waals surface area contributed by atoms with Crippen molar-refractivity contribution in [2.75, 3.05) is 45.2 Å². The Labute approximate surface area is 267 Å². The van der Waals surface area contributed by atoms with Crippen LogP contribution in [-0.2, 0) is 18.9 Å². The van der Waals surface area contributed by atoms with Crippen LogP contribution >= 0.6 is 0 Å². The molecule has 16 heteroatoms. The van der Waals surface area contributed by atoms with E-state index in [0.717, 1.165) is 36.6 Å². The Bertz CT molecular complexity index is 1720. The van der Waals surface area contributed by atoms with Gasteiger partial charge in [-0.25, -0.2) is 9.38 Å². The zero-order valence-electron chi connectivity index (χ0n) is 26.6. The predicted molar refractivity (Wildman–Crippen MR) is 165 cm³/mol. The van der Waals surface area contributed by atoms with E-state index in [9.17, 15) is 26.3 Å². The number of anilines is 1. The first-order valence-electron chi connectivity index (χ1n) is 15.2. The molecule has 0 radical (unpaired) electrons. The van der Waals surface area contributed by atoms with Gasteiger partial charge in [-0.1, -0.05) is 26.0 Å². The molecule has 0 spiro atoms. The van der Waals surface area contributed by atoms with E-state index in [1.165, 1.54) is 18.2 Å². The summed E-state index contributed by atoms with van der Waals surface area (Å²) in [5, 5.41) is 8.22. The topological polar surface area (TPSA) is 83.5 Å². The number of imidazole rings is 1. The van der Waals surface area contributed by atoms with Crippen LogP contribution in [0.15, 0.2) is 55.2 Å². The van der Waals surface area contributed by atoms with Crippen LogP contribution in [0.1, 0.15) is 49.2 Å². The minimum Gasteiger partial charge on any atom is -0.349 e. The van der Waals surface area contributed by atoms with Crippen molar-refractivity contribution in [3.63, 3.8) is 0 Å². The number of aromatic nitrogens is 7. The molecule has 2 atom stereocenters. The van der Waals surface area contributed by atoms with Gasteiger partial charge in [0.1, 0.15) is 11.8 Å². The molecule has 1 saturated heterocycles. The van der Waals surface area contributed by atoms with Crippen LogP contribution in [0.25, 0.3) is 16.9 Å². The summed E-state index contributed by atoms with van der Waals surface area (Å²) in [7, 11) is 3.97. The molecule has 5 aromatic rings. The molecule has 1 fully saturated rings. The van der Waals surface area contributed by atoms with Gasteiger partial charge in [-0.3, -0.25) is 9.88 Å². The lowest BCUT2D eigenvalue weighted by Gasteiger charge is -2.43. The number of hydrogen-bond donors (Lipinski definition) is 0. The largest absolute Gasteiger partial charge is 0.417 e. The second-order valence-corrected chi connectivity index (χ2v) is 11.4. The average molecular weight is 663 g/mol. The van der Waals surface area contributed by atoms with Gasteiger partial charge in [0.25, 0.3) is 5.78 Å². The Balaban J connectivity index is 0.00000213. The first-order valence-corrected chi connectivity index (χ1v) is 15.2. The molecule has 1 aromatic carbocycles. The summed E-state index contributed by atoms with van der Waals surface area (Å²) in [5.74, 6) is 1.04. The summed E-state index contributed by atoms with van der Waals surface area (Å²) in [5.41, 5.74) is 0.541. The molecule has 10 nitrogen and oxygen atoms in total. The highest BCUT2D eigenvalue weighted by Gasteiger charge is 2.36. The number of alkyl halides is 6. The van der Waals surface area contributed by atoms with E-state index < -0.39 is 29.5 Å². The van der Waals surface area contributed by atoms with Crippen molar-refractivity contribution < 1.29 is 26.3 Å². The maximum Gasteiger partial charge on any atom is 0.417 e. The maximum absolute atomic E-state index is 13.3. The van der Waals surface area contributed by atoms with E-state index in [4.69, 9.17) is 9.97 Å². The molecule has 6 rings (SSSR count). The van der Waals surface area contributed by atoms with Crippen molar-refractivity contribution in [2.45, 2.75) is 51.8 Å². The monoisotopic (exact) mass is 662 g/mol. The summed E-state index contributed by atoms with van der Waals surface area (Å²) >= 11 is 0. The number of fused-ring (bicyclic) bond motifs is 3. The van der Waals surface area contributed by atoms with Gasteiger partial charge >= 0.3 is 12.4 Å². The van der Waals surface area contributed by atoms with E-state index in [-0.39, 0.29) is 6.04 Å². The fourth-order valence-corrected chi connectivity index (χ4v) is 5.75. The molecule has 0 N–H and O–H groups in total. The van der Waals surface area contributed by atoms with Crippen molar-refractivity contribution in [2.24, 2.45) is 0 Å². The normalized spacial score (nSPS) is 16.9. The van der Waals surface area contributed by atoms with Gasteiger partial charge in [0.05, 0.1) is 29.2 Å². The van der Waals surface area contributed by atoms with E-state index in [2.05, 4.69) is 25.0 Å². The van der Waals surface area contributed by atoms with Crippen LogP contribution in [0.2, 0.25) is 0 Å². The molecule has 5 heterocycles. The Hall–Kier alpha value is -4.31. The van der Waals surface area contributed by atoms with Gasteiger partial charge in [0, 0.05) is 45.0 Å². The molecule has 2 unspecified atom stereocenters. The number of benzene rings is 1. The minimum atomic E-state index is -4.57. The number of likely N-dealkylation sites (N-methyl/N-ethyl adjacent to an activating group) is 1. The van der Waals surface area contributed by atoms with Crippen molar-refractivity contribution in [1.29, 1.82) is 0 Å². The lowest BCUT2D eigenvalue weighted by Crippen LogP contribution is -2.53. The molecule has 1 aliphatic heterocycles. The number of nitrogens with zero attached hydrogens (tertiary/aromatic N) is 10. The Morgan fingerprint density at radius 2 is 1.57 bits per heavy atom. The zero-order valence-corrected chi connectivity index (χ0v) is 26.6. The van der Waals surface area contributed by atoms with Crippen LogP contribution in [-0.4, -0.2) is 90.2 Å². The Morgan fingerprint density at radius 1 is 0.894 bits per heavy atom. The first kappa shape index (κ1) is 34.0. The van der Waals surface area contributed by atoms with Gasteiger partial charge < -0.3 is 14.4 Å².